The molecule has 132 valence electrons. The van der Waals surface area contributed by atoms with Crippen molar-refractivity contribution < 1.29 is 0 Å². The van der Waals surface area contributed by atoms with Crippen molar-refractivity contribution in [1.29, 1.82) is 5.26 Å². The predicted molar refractivity (Wildman–Crippen MR) is 103 cm³/mol. The number of rotatable bonds is 4. The van der Waals surface area contributed by atoms with Crippen LogP contribution in [0.25, 0.3) is 17.1 Å². The second kappa shape index (κ2) is 7.15. The van der Waals surface area contributed by atoms with Crippen LogP contribution in [0.3, 0.4) is 0 Å². The Balaban J connectivity index is 1.60. The fourth-order valence-electron chi connectivity index (χ4n) is 2.60. The first kappa shape index (κ1) is 17.1. The maximum absolute atomic E-state index is 8.86. The van der Waals surface area contributed by atoms with E-state index in [0.717, 1.165) is 11.3 Å². The number of halogens is 1. The minimum atomic E-state index is 0.436. The molecule has 0 unspecified atom stereocenters. The van der Waals surface area contributed by atoms with Crippen LogP contribution in [0, 0.1) is 16.0 Å². The van der Waals surface area contributed by atoms with Gasteiger partial charge in [0.25, 0.3) is 0 Å². The first-order chi connectivity index (χ1) is 13.1. The van der Waals surface area contributed by atoms with Crippen LogP contribution in [0.2, 0.25) is 5.02 Å². The zero-order valence-corrected chi connectivity index (χ0v) is 15.4. The molecule has 0 fully saturated rings. The average molecular weight is 394 g/mol. The van der Waals surface area contributed by atoms with E-state index in [2.05, 4.69) is 26.6 Å². The summed E-state index contributed by atoms with van der Waals surface area (Å²) >= 11 is 11.6. The number of nitriles is 1. The summed E-state index contributed by atoms with van der Waals surface area (Å²) in [6.07, 6.45) is 1.74. The molecule has 7 nitrogen and oxygen atoms in total. The fraction of sp³-hybridized carbons (Fsp3) is 0.0556. The maximum Gasteiger partial charge on any atom is 0.209 e. The molecule has 4 aromatic rings. The highest BCUT2D eigenvalue weighted by Gasteiger charge is 2.13. The molecule has 0 aliphatic carbocycles. The Morgan fingerprint density at radius 1 is 1.19 bits per heavy atom. The molecule has 4 rings (SSSR count). The zero-order valence-electron chi connectivity index (χ0n) is 13.9. The van der Waals surface area contributed by atoms with E-state index in [1.54, 1.807) is 29.1 Å². The van der Waals surface area contributed by atoms with Gasteiger partial charge in [0.1, 0.15) is 4.64 Å². The first-order valence-electron chi connectivity index (χ1n) is 7.97. The fourth-order valence-corrected chi connectivity index (χ4v) is 3.10. The van der Waals surface area contributed by atoms with Crippen molar-refractivity contribution in [3.8, 4) is 23.1 Å². The smallest absolute Gasteiger partial charge is 0.209 e. The van der Waals surface area contributed by atoms with Crippen LogP contribution < -0.4 is 0 Å². The Morgan fingerprint density at radius 3 is 2.74 bits per heavy atom. The number of aromatic amines is 1. The van der Waals surface area contributed by atoms with Gasteiger partial charge in [0.15, 0.2) is 0 Å². The molecule has 2 heterocycles. The number of aromatic nitrogens is 6. The molecule has 0 aliphatic rings. The lowest BCUT2D eigenvalue weighted by atomic mass is 10.1. The van der Waals surface area contributed by atoms with Crippen LogP contribution in [-0.2, 0) is 6.54 Å². The summed E-state index contributed by atoms with van der Waals surface area (Å²) in [4.78, 5) is 1.49. The number of hydrogen-bond acceptors (Lipinski definition) is 5. The molecule has 0 amide bonds. The molecule has 0 saturated carbocycles. The summed E-state index contributed by atoms with van der Waals surface area (Å²) in [5, 5.41) is 25.2. The molecule has 0 bridgehead atoms. The minimum absolute atomic E-state index is 0.436. The molecule has 9 heteroatoms. The van der Waals surface area contributed by atoms with Crippen molar-refractivity contribution in [3.63, 3.8) is 0 Å². The van der Waals surface area contributed by atoms with Crippen molar-refractivity contribution in [2.24, 2.45) is 0 Å². The van der Waals surface area contributed by atoms with Gasteiger partial charge < -0.3 is 0 Å². The van der Waals surface area contributed by atoms with Crippen molar-refractivity contribution in [2.45, 2.75) is 6.54 Å². The predicted octanol–water partition coefficient (Wildman–Crippen LogP) is 3.76. The number of nitrogens with one attached hydrogen (secondary N) is 1. The van der Waals surface area contributed by atoms with E-state index in [4.69, 9.17) is 29.1 Å². The van der Waals surface area contributed by atoms with Gasteiger partial charge in [-0.25, -0.2) is 4.68 Å². The van der Waals surface area contributed by atoms with Crippen LogP contribution in [0.15, 0.2) is 54.7 Å². The van der Waals surface area contributed by atoms with E-state index >= 15 is 0 Å². The van der Waals surface area contributed by atoms with Crippen molar-refractivity contribution >= 4 is 23.8 Å². The van der Waals surface area contributed by atoms with Gasteiger partial charge >= 0.3 is 0 Å². The van der Waals surface area contributed by atoms with Crippen LogP contribution in [-0.4, -0.2) is 30.0 Å². The third-order valence-corrected chi connectivity index (χ3v) is 4.58. The number of H-pyrrole nitrogens is 1. The van der Waals surface area contributed by atoms with Gasteiger partial charge in [0.05, 0.1) is 29.4 Å². The summed E-state index contributed by atoms with van der Waals surface area (Å²) < 4.78 is 2.27. The highest BCUT2D eigenvalue weighted by molar-refractivity contribution is 7.71. The van der Waals surface area contributed by atoms with Crippen molar-refractivity contribution in [1.82, 2.24) is 30.0 Å². The highest BCUT2D eigenvalue weighted by Crippen LogP contribution is 2.20. The molecular formula is C18H12ClN7S. The van der Waals surface area contributed by atoms with E-state index in [1.807, 2.05) is 30.3 Å². The lowest BCUT2D eigenvalue weighted by Crippen LogP contribution is -2.04. The summed E-state index contributed by atoms with van der Waals surface area (Å²) in [5.41, 5.74) is 3.08. The minimum Gasteiger partial charge on any atom is -0.299 e. The van der Waals surface area contributed by atoms with Crippen LogP contribution in [0.4, 0.5) is 0 Å². The van der Waals surface area contributed by atoms with E-state index in [-0.39, 0.29) is 0 Å². The Hall–Kier alpha value is -3.28. The maximum atomic E-state index is 8.86. The largest absolute Gasteiger partial charge is 0.299 e. The van der Waals surface area contributed by atoms with Gasteiger partial charge in [-0.05, 0) is 41.1 Å². The van der Waals surface area contributed by atoms with E-state index in [1.165, 1.54) is 4.80 Å². The van der Waals surface area contributed by atoms with Gasteiger partial charge in [-0.2, -0.15) is 10.1 Å². The summed E-state index contributed by atoms with van der Waals surface area (Å²) in [6.45, 7) is 0.449. The Morgan fingerprint density at radius 2 is 2.00 bits per heavy atom. The van der Waals surface area contributed by atoms with Gasteiger partial charge in [-0.15, -0.1) is 10.2 Å². The third kappa shape index (κ3) is 3.51. The lowest BCUT2D eigenvalue weighted by Gasteiger charge is -2.02. The molecule has 0 radical (unpaired) electrons. The molecule has 2 aromatic heterocycles. The molecular weight excluding hydrogens is 382 g/mol. The second-order valence-electron chi connectivity index (χ2n) is 5.76. The average Bonchev–Trinajstić information content (AvgIpc) is 3.28. The van der Waals surface area contributed by atoms with E-state index in [9.17, 15) is 0 Å². The standard InChI is InChI=1S/C18H12ClN7S/c19-14-2-1-3-15(8-14)26-18(27)16(10-21-26)17-22-24-25(23-17)11-13-6-4-12(9-20)5-7-13/h1-8,10,21H,11H2. The number of hydrogen-bond donors (Lipinski definition) is 1. The Kier molecular flexibility index (Phi) is 4.54. The quantitative estimate of drug-likeness (QED) is 0.533. The second-order valence-corrected chi connectivity index (χ2v) is 6.58. The zero-order chi connectivity index (χ0) is 18.8. The number of benzene rings is 2. The highest BCUT2D eigenvalue weighted by atomic mass is 35.5. The third-order valence-electron chi connectivity index (χ3n) is 3.94. The molecule has 2 aromatic carbocycles. The normalized spacial score (nSPS) is 10.7. The van der Waals surface area contributed by atoms with Gasteiger partial charge in [-0.3, -0.25) is 5.10 Å². The monoisotopic (exact) mass is 393 g/mol. The molecule has 27 heavy (non-hydrogen) atoms. The van der Waals surface area contributed by atoms with Gasteiger partial charge in [-0.1, -0.05) is 42.0 Å². The van der Waals surface area contributed by atoms with E-state index in [0.29, 0.717) is 33.2 Å². The number of tetrazole rings is 1. The molecule has 0 saturated heterocycles. The summed E-state index contributed by atoms with van der Waals surface area (Å²) in [6, 6.07) is 16.7. The Labute approximate surface area is 164 Å². The van der Waals surface area contributed by atoms with Crippen LogP contribution in [0.5, 0.6) is 0 Å². The summed E-state index contributed by atoms with van der Waals surface area (Å²) in [5.74, 6) is 0.436. The van der Waals surface area contributed by atoms with Gasteiger partial charge in [0.2, 0.25) is 5.82 Å². The lowest BCUT2D eigenvalue weighted by molar-refractivity contribution is 0.573. The molecule has 0 atom stereocenters. The topological polar surface area (TPSA) is 88.1 Å². The molecule has 0 aliphatic heterocycles. The Bertz CT molecular complexity index is 1200. The SMILES string of the molecule is N#Cc1ccc(Cn2nnc(-c3c[nH]n(-c4cccc(Cl)c4)c3=S)n2)cc1. The van der Waals surface area contributed by atoms with Crippen LogP contribution >= 0.6 is 23.8 Å². The molecule has 1 N–H and O–H groups in total. The summed E-state index contributed by atoms with van der Waals surface area (Å²) in [7, 11) is 0. The van der Waals surface area contributed by atoms with Crippen LogP contribution in [0.1, 0.15) is 11.1 Å². The first-order valence-corrected chi connectivity index (χ1v) is 8.76. The van der Waals surface area contributed by atoms with E-state index < -0.39 is 0 Å². The number of nitrogens with zero attached hydrogens (tertiary/aromatic N) is 6. The van der Waals surface area contributed by atoms with Crippen molar-refractivity contribution in [3.05, 3.63) is 75.5 Å². The van der Waals surface area contributed by atoms with Crippen molar-refractivity contribution in [2.75, 3.05) is 0 Å². The van der Waals surface area contributed by atoms with Gasteiger partial charge in [0, 0.05) is 11.2 Å². The molecule has 0 spiro atoms.